The molecule has 0 radical (unpaired) electrons. The number of piperidine rings is 2. The normalized spacial score (nSPS) is 31.0. The highest BCUT2D eigenvalue weighted by molar-refractivity contribution is 4.81. The van der Waals surface area contributed by atoms with Crippen molar-refractivity contribution in [2.24, 2.45) is 0 Å². The van der Waals surface area contributed by atoms with Crippen LogP contribution in [-0.2, 0) is 0 Å². The number of rotatable bonds is 2. The van der Waals surface area contributed by atoms with E-state index in [-0.39, 0.29) is 0 Å². The Hall–Kier alpha value is -0.160. The fourth-order valence-electron chi connectivity index (χ4n) is 2.62. The van der Waals surface area contributed by atoms with Crippen molar-refractivity contribution in [1.82, 2.24) is 15.3 Å². The Morgan fingerprint density at radius 3 is 2.53 bits per heavy atom. The van der Waals surface area contributed by atoms with E-state index in [4.69, 9.17) is 0 Å². The summed E-state index contributed by atoms with van der Waals surface area (Å²) in [5.41, 5.74) is 0. The molecule has 2 heterocycles. The Morgan fingerprint density at radius 2 is 1.93 bits per heavy atom. The molecule has 1 atom stereocenters. The van der Waals surface area contributed by atoms with E-state index in [0.29, 0.717) is 12.1 Å². The van der Waals surface area contributed by atoms with Gasteiger partial charge in [-0.2, -0.15) is 5.06 Å². The third-order valence-electron chi connectivity index (χ3n) is 3.71. The number of hydrogen-bond donors (Lipinski definition) is 2. The molecule has 0 amide bonds. The van der Waals surface area contributed by atoms with Crippen molar-refractivity contribution in [3.8, 4) is 0 Å². The molecular formula is C11H23N3O. The molecule has 4 heteroatoms. The van der Waals surface area contributed by atoms with Crippen LogP contribution in [0.4, 0.5) is 0 Å². The van der Waals surface area contributed by atoms with E-state index >= 15 is 0 Å². The van der Waals surface area contributed by atoms with Crippen LogP contribution in [0.15, 0.2) is 0 Å². The van der Waals surface area contributed by atoms with Crippen LogP contribution in [0.5, 0.6) is 0 Å². The van der Waals surface area contributed by atoms with Crippen LogP contribution >= 0.6 is 0 Å². The third kappa shape index (κ3) is 2.91. The van der Waals surface area contributed by atoms with Gasteiger partial charge in [0.05, 0.1) is 0 Å². The van der Waals surface area contributed by atoms with Gasteiger partial charge < -0.3 is 15.4 Å². The first-order valence-corrected chi connectivity index (χ1v) is 6.14. The molecule has 0 aromatic rings. The van der Waals surface area contributed by atoms with Gasteiger partial charge in [0, 0.05) is 18.6 Å². The smallest absolute Gasteiger partial charge is 0.0478 e. The molecular weight excluding hydrogens is 190 g/mol. The Kier molecular flexibility index (Phi) is 3.97. The lowest BCUT2D eigenvalue weighted by Crippen LogP contribution is -2.51. The quantitative estimate of drug-likeness (QED) is 0.656. The molecule has 2 rings (SSSR count). The number of likely N-dealkylation sites (tertiary alicyclic amines) is 1. The van der Waals surface area contributed by atoms with Crippen LogP contribution < -0.4 is 5.32 Å². The molecule has 0 saturated carbocycles. The largest absolute Gasteiger partial charge is 0.315 e. The second-order valence-electron chi connectivity index (χ2n) is 4.91. The van der Waals surface area contributed by atoms with Gasteiger partial charge in [0.25, 0.3) is 0 Å². The van der Waals surface area contributed by atoms with E-state index in [1.807, 2.05) is 0 Å². The van der Waals surface area contributed by atoms with Crippen LogP contribution in [0.3, 0.4) is 0 Å². The van der Waals surface area contributed by atoms with Crippen molar-refractivity contribution in [1.29, 1.82) is 0 Å². The van der Waals surface area contributed by atoms with Gasteiger partial charge in [-0.1, -0.05) is 0 Å². The van der Waals surface area contributed by atoms with Crippen LogP contribution in [0.1, 0.15) is 25.7 Å². The summed E-state index contributed by atoms with van der Waals surface area (Å²) < 4.78 is 0. The van der Waals surface area contributed by atoms with Crippen LogP contribution in [0.2, 0.25) is 0 Å². The molecule has 15 heavy (non-hydrogen) atoms. The molecule has 0 unspecified atom stereocenters. The lowest BCUT2D eigenvalue weighted by atomic mass is 10.0. The van der Waals surface area contributed by atoms with Gasteiger partial charge in [0.15, 0.2) is 0 Å². The van der Waals surface area contributed by atoms with Crippen LogP contribution in [-0.4, -0.2) is 60.5 Å². The summed E-state index contributed by atoms with van der Waals surface area (Å²) in [6.07, 6.45) is 4.52. The lowest BCUT2D eigenvalue weighted by molar-refractivity contribution is -0.172. The Labute approximate surface area is 92.2 Å². The minimum Gasteiger partial charge on any atom is -0.315 e. The van der Waals surface area contributed by atoms with E-state index in [1.54, 1.807) is 5.06 Å². The first-order valence-electron chi connectivity index (χ1n) is 6.14. The summed E-state index contributed by atoms with van der Waals surface area (Å²) >= 11 is 0. The SMILES string of the molecule is CN1CCC(N(O)[C@H]2CCCNC2)CC1. The molecule has 2 fully saturated rings. The van der Waals surface area contributed by atoms with Gasteiger partial charge in [-0.3, -0.25) is 0 Å². The molecule has 2 saturated heterocycles. The fraction of sp³-hybridized carbons (Fsp3) is 1.00. The van der Waals surface area contributed by atoms with E-state index < -0.39 is 0 Å². The highest BCUT2D eigenvalue weighted by atomic mass is 16.5. The molecule has 2 N–H and O–H groups in total. The Bertz CT molecular complexity index is 186. The predicted octanol–water partition coefficient (Wildman–Crippen LogP) is 0.524. The van der Waals surface area contributed by atoms with Crippen molar-refractivity contribution in [2.45, 2.75) is 37.8 Å². The Morgan fingerprint density at radius 1 is 1.20 bits per heavy atom. The van der Waals surface area contributed by atoms with Crippen molar-refractivity contribution < 1.29 is 5.21 Å². The molecule has 0 bridgehead atoms. The number of hydroxylamine groups is 2. The third-order valence-corrected chi connectivity index (χ3v) is 3.71. The number of nitrogens with one attached hydrogen (secondary N) is 1. The van der Waals surface area contributed by atoms with E-state index in [0.717, 1.165) is 45.4 Å². The molecule has 0 aliphatic carbocycles. The second kappa shape index (κ2) is 5.25. The number of nitrogens with zero attached hydrogens (tertiary/aromatic N) is 2. The first-order chi connectivity index (χ1) is 7.27. The molecule has 0 aromatic heterocycles. The minimum atomic E-state index is 0.340. The van der Waals surface area contributed by atoms with Gasteiger partial charge in [-0.15, -0.1) is 0 Å². The summed E-state index contributed by atoms with van der Waals surface area (Å²) in [7, 11) is 2.15. The van der Waals surface area contributed by atoms with Gasteiger partial charge in [0.1, 0.15) is 0 Å². The zero-order chi connectivity index (χ0) is 10.7. The van der Waals surface area contributed by atoms with Crippen molar-refractivity contribution in [3.63, 3.8) is 0 Å². The monoisotopic (exact) mass is 213 g/mol. The zero-order valence-electron chi connectivity index (χ0n) is 9.65. The lowest BCUT2D eigenvalue weighted by Gasteiger charge is -2.39. The summed E-state index contributed by atoms with van der Waals surface area (Å²) in [6.45, 7) is 4.28. The molecule has 0 aromatic carbocycles. The first kappa shape index (κ1) is 11.3. The summed E-state index contributed by atoms with van der Waals surface area (Å²) in [4.78, 5) is 2.34. The van der Waals surface area contributed by atoms with Gasteiger partial charge in [-0.05, 0) is 52.4 Å². The van der Waals surface area contributed by atoms with E-state index in [1.165, 1.54) is 6.42 Å². The van der Waals surface area contributed by atoms with Gasteiger partial charge in [-0.25, -0.2) is 0 Å². The van der Waals surface area contributed by atoms with Crippen LogP contribution in [0.25, 0.3) is 0 Å². The molecule has 4 nitrogen and oxygen atoms in total. The predicted molar refractivity (Wildman–Crippen MR) is 60.0 cm³/mol. The van der Waals surface area contributed by atoms with Gasteiger partial charge in [0.2, 0.25) is 0 Å². The molecule has 0 spiro atoms. The maximum absolute atomic E-state index is 10.2. The van der Waals surface area contributed by atoms with Crippen molar-refractivity contribution in [2.75, 3.05) is 33.2 Å². The summed E-state index contributed by atoms with van der Waals surface area (Å²) in [5.74, 6) is 0. The van der Waals surface area contributed by atoms with E-state index in [2.05, 4.69) is 17.3 Å². The second-order valence-corrected chi connectivity index (χ2v) is 4.91. The minimum absolute atomic E-state index is 0.340. The van der Waals surface area contributed by atoms with E-state index in [9.17, 15) is 5.21 Å². The molecule has 88 valence electrons. The van der Waals surface area contributed by atoms with Crippen molar-refractivity contribution in [3.05, 3.63) is 0 Å². The summed E-state index contributed by atoms with van der Waals surface area (Å²) in [6, 6.07) is 0.721. The maximum Gasteiger partial charge on any atom is 0.0478 e. The Balaban J connectivity index is 1.81. The molecule has 2 aliphatic rings. The standard InChI is InChI=1S/C11H23N3O/c1-13-7-4-10(5-8-13)14(15)11-3-2-6-12-9-11/h10-12,15H,2-9H2,1H3/t11-/m0/s1. The maximum atomic E-state index is 10.2. The van der Waals surface area contributed by atoms with Crippen LogP contribution in [0, 0.1) is 0 Å². The highest BCUT2D eigenvalue weighted by Crippen LogP contribution is 2.19. The van der Waals surface area contributed by atoms with Crippen molar-refractivity contribution >= 4 is 0 Å². The fourth-order valence-corrected chi connectivity index (χ4v) is 2.62. The number of hydrogen-bond acceptors (Lipinski definition) is 4. The average molecular weight is 213 g/mol. The topological polar surface area (TPSA) is 38.7 Å². The zero-order valence-corrected chi connectivity index (χ0v) is 9.65. The highest BCUT2D eigenvalue weighted by Gasteiger charge is 2.28. The average Bonchev–Trinajstić information content (AvgIpc) is 2.30. The molecule has 2 aliphatic heterocycles. The summed E-state index contributed by atoms with van der Waals surface area (Å²) in [5, 5.41) is 15.1. The van der Waals surface area contributed by atoms with Gasteiger partial charge >= 0.3 is 0 Å².